The highest BCUT2D eigenvalue weighted by Crippen LogP contribution is 2.23. The number of carbonyl (C=O) groups is 1. The molecule has 8 heteroatoms. The lowest BCUT2D eigenvalue weighted by atomic mass is 10.3. The second-order valence-electron chi connectivity index (χ2n) is 4.85. The maximum atomic E-state index is 11.8. The summed E-state index contributed by atoms with van der Waals surface area (Å²) in [5.74, 6) is -0.430. The van der Waals surface area contributed by atoms with Gasteiger partial charge in [0.1, 0.15) is 10.7 Å². The van der Waals surface area contributed by atoms with Gasteiger partial charge in [-0.2, -0.15) is 0 Å². The molecule has 120 valence electrons. The van der Waals surface area contributed by atoms with Crippen LogP contribution >= 0.6 is 10.7 Å². The normalized spacial score (nSPS) is 11.9. The number of carbonyl (C=O) groups excluding carboxylic acids is 1. The maximum Gasteiger partial charge on any atom is 0.287 e. The van der Waals surface area contributed by atoms with Crippen LogP contribution in [0.4, 0.5) is 0 Å². The summed E-state index contributed by atoms with van der Waals surface area (Å²) in [6.45, 7) is 6.47. The fraction of sp³-hybridized carbons (Fsp3) is 0.615. The molecule has 0 aliphatic rings. The molecule has 0 saturated heterocycles. The summed E-state index contributed by atoms with van der Waals surface area (Å²) in [6.07, 6.45) is 1.79. The van der Waals surface area contributed by atoms with Gasteiger partial charge in [-0.05, 0) is 33.6 Å². The van der Waals surface area contributed by atoms with E-state index >= 15 is 0 Å². The first-order chi connectivity index (χ1) is 9.71. The van der Waals surface area contributed by atoms with Crippen molar-refractivity contribution >= 4 is 25.6 Å². The van der Waals surface area contributed by atoms with Gasteiger partial charge in [0.05, 0.1) is 6.10 Å². The Morgan fingerprint density at radius 3 is 2.62 bits per heavy atom. The van der Waals surface area contributed by atoms with Gasteiger partial charge in [0, 0.05) is 29.9 Å². The number of rotatable bonds is 8. The third-order valence-corrected chi connectivity index (χ3v) is 4.10. The van der Waals surface area contributed by atoms with E-state index in [0.29, 0.717) is 13.2 Å². The molecule has 1 heterocycles. The molecular weight excluding hydrogens is 318 g/mol. The van der Waals surface area contributed by atoms with Crippen molar-refractivity contribution in [2.45, 2.75) is 44.6 Å². The summed E-state index contributed by atoms with van der Waals surface area (Å²) in [4.78, 5) is 11.6. The lowest BCUT2D eigenvalue weighted by Crippen LogP contribution is -2.24. The summed E-state index contributed by atoms with van der Waals surface area (Å²) in [7, 11) is 1.33. The molecular formula is C13H20ClNO5S. The van der Waals surface area contributed by atoms with E-state index in [-0.39, 0.29) is 22.5 Å². The van der Waals surface area contributed by atoms with Crippen molar-refractivity contribution in [1.29, 1.82) is 0 Å². The smallest absolute Gasteiger partial charge is 0.287 e. The average Bonchev–Trinajstić information content (AvgIpc) is 2.75. The van der Waals surface area contributed by atoms with E-state index in [1.807, 2.05) is 13.8 Å². The van der Waals surface area contributed by atoms with Crippen molar-refractivity contribution in [3.05, 3.63) is 17.6 Å². The van der Waals surface area contributed by atoms with E-state index in [2.05, 4.69) is 5.32 Å². The van der Waals surface area contributed by atoms with E-state index in [0.717, 1.165) is 18.9 Å². The molecule has 1 N–H and O–H groups in total. The number of nitrogens with one attached hydrogen (secondary N) is 1. The molecule has 0 radical (unpaired) electrons. The molecule has 0 aliphatic carbocycles. The molecule has 0 fully saturated rings. The Balaban J connectivity index is 2.43. The van der Waals surface area contributed by atoms with Gasteiger partial charge < -0.3 is 14.5 Å². The SMILES string of the molecule is Cc1oc(C(=O)NCCCCOC(C)C)cc1S(=O)(=O)Cl. The van der Waals surface area contributed by atoms with Crippen molar-refractivity contribution in [2.75, 3.05) is 13.2 Å². The molecule has 0 bridgehead atoms. The molecule has 1 aromatic rings. The van der Waals surface area contributed by atoms with Crippen LogP contribution in [0, 0.1) is 6.92 Å². The predicted molar refractivity (Wildman–Crippen MR) is 79.1 cm³/mol. The number of aryl methyl sites for hydroxylation is 1. The summed E-state index contributed by atoms with van der Waals surface area (Å²) >= 11 is 0. The zero-order valence-electron chi connectivity index (χ0n) is 12.3. The standard InChI is InChI=1S/C13H20ClNO5S/c1-9(2)19-7-5-4-6-15-13(16)11-8-12(10(3)20-11)21(14,17)18/h8-9H,4-7H2,1-3H3,(H,15,16). The highest BCUT2D eigenvalue weighted by molar-refractivity contribution is 8.13. The zero-order valence-corrected chi connectivity index (χ0v) is 13.9. The van der Waals surface area contributed by atoms with Crippen molar-refractivity contribution in [1.82, 2.24) is 5.32 Å². The minimum absolute atomic E-state index is 0.0647. The summed E-state index contributed by atoms with van der Waals surface area (Å²) in [5, 5.41) is 2.65. The average molecular weight is 338 g/mol. The van der Waals surface area contributed by atoms with E-state index < -0.39 is 15.0 Å². The monoisotopic (exact) mass is 337 g/mol. The molecule has 0 atom stereocenters. The van der Waals surface area contributed by atoms with Crippen LogP contribution < -0.4 is 5.32 Å². The van der Waals surface area contributed by atoms with Crippen LogP contribution in [0.5, 0.6) is 0 Å². The van der Waals surface area contributed by atoms with Crippen LogP contribution in [0.1, 0.15) is 43.0 Å². The molecule has 0 saturated carbocycles. The Morgan fingerprint density at radius 2 is 2.10 bits per heavy atom. The number of amides is 1. The second-order valence-corrected chi connectivity index (χ2v) is 7.39. The minimum Gasteiger partial charge on any atom is -0.455 e. The van der Waals surface area contributed by atoms with Crippen molar-refractivity contribution in [3.63, 3.8) is 0 Å². The van der Waals surface area contributed by atoms with Gasteiger partial charge in [0.15, 0.2) is 5.76 Å². The molecule has 0 aliphatic heterocycles. The molecule has 1 rings (SSSR count). The van der Waals surface area contributed by atoms with E-state index in [9.17, 15) is 13.2 Å². The second kappa shape index (κ2) is 7.82. The maximum absolute atomic E-state index is 11.8. The third kappa shape index (κ3) is 6.07. The summed E-state index contributed by atoms with van der Waals surface area (Å²) < 4.78 is 33.0. The van der Waals surface area contributed by atoms with Gasteiger partial charge in [0.2, 0.25) is 0 Å². The van der Waals surface area contributed by atoms with E-state index in [1.54, 1.807) is 0 Å². The zero-order chi connectivity index (χ0) is 16.0. The van der Waals surface area contributed by atoms with Crippen molar-refractivity contribution in [2.24, 2.45) is 0 Å². The Hall–Kier alpha value is -1.05. The summed E-state index contributed by atoms with van der Waals surface area (Å²) in [6, 6.07) is 1.13. The Kier molecular flexibility index (Phi) is 6.70. The van der Waals surface area contributed by atoms with E-state index in [4.69, 9.17) is 19.8 Å². The van der Waals surface area contributed by atoms with Gasteiger partial charge in [-0.15, -0.1) is 0 Å². The van der Waals surface area contributed by atoms with Crippen LogP contribution in [0.2, 0.25) is 0 Å². The van der Waals surface area contributed by atoms with Gasteiger partial charge >= 0.3 is 0 Å². The highest BCUT2D eigenvalue weighted by Gasteiger charge is 2.21. The molecule has 6 nitrogen and oxygen atoms in total. The van der Waals surface area contributed by atoms with Crippen molar-refractivity contribution in [3.8, 4) is 0 Å². The number of hydrogen-bond acceptors (Lipinski definition) is 5. The Bertz CT molecular complexity index is 579. The lowest BCUT2D eigenvalue weighted by Gasteiger charge is -2.07. The topological polar surface area (TPSA) is 85.6 Å². The largest absolute Gasteiger partial charge is 0.455 e. The quantitative estimate of drug-likeness (QED) is 0.581. The third-order valence-electron chi connectivity index (χ3n) is 2.67. The molecule has 0 spiro atoms. The van der Waals surface area contributed by atoms with Crippen LogP contribution in [-0.4, -0.2) is 33.6 Å². The molecule has 1 aromatic heterocycles. The number of ether oxygens (including phenoxy) is 1. The van der Waals surface area contributed by atoms with Gasteiger partial charge in [-0.3, -0.25) is 4.79 Å². The van der Waals surface area contributed by atoms with Crippen LogP contribution in [-0.2, 0) is 13.8 Å². The molecule has 21 heavy (non-hydrogen) atoms. The number of halogens is 1. The first kappa shape index (κ1) is 18.0. The first-order valence-corrected chi connectivity index (χ1v) is 8.97. The first-order valence-electron chi connectivity index (χ1n) is 6.66. The van der Waals surface area contributed by atoms with Crippen molar-refractivity contribution < 1.29 is 22.4 Å². The molecule has 0 aromatic carbocycles. The molecule has 0 unspecified atom stereocenters. The van der Waals surface area contributed by atoms with Gasteiger partial charge in [0.25, 0.3) is 15.0 Å². The lowest BCUT2D eigenvalue weighted by molar-refractivity contribution is 0.0753. The van der Waals surface area contributed by atoms with Gasteiger partial charge in [-0.1, -0.05) is 0 Å². The number of furan rings is 1. The fourth-order valence-electron chi connectivity index (χ4n) is 1.65. The Labute approximate surface area is 129 Å². The van der Waals surface area contributed by atoms with Crippen LogP contribution in [0.3, 0.4) is 0 Å². The van der Waals surface area contributed by atoms with Gasteiger partial charge in [-0.25, -0.2) is 8.42 Å². The minimum atomic E-state index is -3.90. The van der Waals surface area contributed by atoms with Crippen LogP contribution in [0.15, 0.2) is 15.4 Å². The highest BCUT2D eigenvalue weighted by atomic mass is 35.7. The number of unbranched alkanes of at least 4 members (excludes halogenated alkanes) is 1. The van der Waals surface area contributed by atoms with E-state index in [1.165, 1.54) is 6.92 Å². The van der Waals surface area contributed by atoms with Crippen LogP contribution in [0.25, 0.3) is 0 Å². The predicted octanol–water partition coefficient (Wildman–Crippen LogP) is 2.45. The number of hydrogen-bond donors (Lipinski definition) is 1. The summed E-state index contributed by atoms with van der Waals surface area (Å²) in [5.41, 5.74) is 0. The Morgan fingerprint density at radius 1 is 1.43 bits per heavy atom. The fourth-order valence-corrected chi connectivity index (χ4v) is 2.75. The molecule has 1 amide bonds.